The number of nitrogens with zero attached hydrogens (tertiary/aromatic N) is 4. The third-order valence-corrected chi connectivity index (χ3v) is 2.47. The summed E-state index contributed by atoms with van der Waals surface area (Å²) in [4.78, 5) is 11.9. The highest BCUT2D eigenvalue weighted by Gasteiger charge is 2.30. The molecule has 0 amide bonds. The molecule has 18 heavy (non-hydrogen) atoms. The SMILES string of the molecule is Cc1nn(C)c2c(=O)n(CC(F)(F)F)nc(N)c12. The number of hydrogen-bond acceptors (Lipinski definition) is 4. The minimum Gasteiger partial charge on any atom is -0.382 e. The minimum atomic E-state index is -4.54. The molecule has 0 fully saturated rings. The van der Waals surface area contributed by atoms with Crippen LogP contribution < -0.4 is 11.3 Å². The lowest BCUT2D eigenvalue weighted by molar-refractivity contribution is -0.143. The van der Waals surface area contributed by atoms with E-state index in [-0.39, 0.29) is 11.3 Å². The van der Waals surface area contributed by atoms with Crippen molar-refractivity contribution < 1.29 is 13.2 Å². The molecular formula is C9H10F3N5O. The van der Waals surface area contributed by atoms with Crippen molar-refractivity contribution in [2.45, 2.75) is 19.6 Å². The summed E-state index contributed by atoms with van der Waals surface area (Å²) in [7, 11) is 1.47. The van der Waals surface area contributed by atoms with Crippen molar-refractivity contribution in [2.75, 3.05) is 5.73 Å². The summed E-state index contributed by atoms with van der Waals surface area (Å²) in [6, 6.07) is 0. The summed E-state index contributed by atoms with van der Waals surface area (Å²) in [5.74, 6) is -0.139. The molecule has 2 heterocycles. The van der Waals surface area contributed by atoms with E-state index in [2.05, 4.69) is 10.2 Å². The van der Waals surface area contributed by atoms with Gasteiger partial charge in [0.25, 0.3) is 5.56 Å². The standard InChI is InChI=1S/C9H10F3N5O/c1-4-5-6(16(2)14-4)8(18)17(15-7(5)13)3-9(10,11)12/h3H2,1-2H3,(H2,13,15). The molecule has 2 aromatic heterocycles. The molecule has 0 aliphatic heterocycles. The zero-order valence-corrected chi connectivity index (χ0v) is 9.62. The third kappa shape index (κ3) is 1.91. The van der Waals surface area contributed by atoms with Gasteiger partial charge >= 0.3 is 6.18 Å². The number of halogens is 3. The van der Waals surface area contributed by atoms with Gasteiger partial charge in [-0.3, -0.25) is 9.48 Å². The Hall–Kier alpha value is -2.06. The van der Waals surface area contributed by atoms with Gasteiger partial charge in [0.05, 0.1) is 11.1 Å². The molecule has 6 nitrogen and oxygen atoms in total. The fourth-order valence-corrected chi connectivity index (χ4v) is 1.83. The molecule has 98 valence electrons. The number of nitrogen functional groups attached to an aromatic ring is 1. The Kier molecular flexibility index (Phi) is 2.56. The van der Waals surface area contributed by atoms with Gasteiger partial charge in [-0.15, -0.1) is 0 Å². The van der Waals surface area contributed by atoms with Gasteiger partial charge in [0.2, 0.25) is 0 Å². The normalized spacial score (nSPS) is 12.3. The van der Waals surface area contributed by atoms with Gasteiger partial charge in [0.1, 0.15) is 12.1 Å². The van der Waals surface area contributed by atoms with Crippen LogP contribution in [0.1, 0.15) is 5.69 Å². The zero-order chi connectivity index (χ0) is 13.7. The van der Waals surface area contributed by atoms with Crippen LogP contribution in [0.15, 0.2) is 4.79 Å². The topological polar surface area (TPSA) is 78.7 Å². The molecule has 0 aliphatic carbocycles. The first-order valence-electron chi connectivity index (χ1n) is 4.97. The van der Waals surface area contributed by atoms with Crippen molar-refractivity contribution in [3.63, 3.8) is 0 Å². The monoisotopic (exact) mass is 261 g/mol. The van der Waals surface area contributed by atoms with Gasteiger partial charge in [0.15, 0.2) is 5.82 Å². The van der Waals surface area contributed by atoms with Crippen LogP contribution in [0.4, 0.5) is 19.0 Å². The molecule has 9 heteroatoms. The number of aromatic nitrogens is 4. The number of alkyl halides is 3. The fourth-order valence-electron chi connectivity index (χ4n) is 1.83. The highest BCUT2D eigenvalue weighted by molar-refractivity contribution is 5.89. The van der Waals surface area contributed by atoms with E-state index in [1.54, 1.807) is 6.92 Å². The fraction of sp³-hybridized carbons (Fsp3) is 0.444. The number of hydrogen-bond donors (Lipinski definition) is 1. The van der Waals surface area contributed by atoms with E-state index in [4.69, 9.17) is 5.73 Å². The van der Waals surface area contributed by atoms with E-state index < -0.39 is 18.3 Å². The number of aryl methyl sites for hydroxylation is 2. The summed E-state index contributed by atoms with van der Waals surface area (Å²) < 4.78 is 38.4. The second-order valence-corrected chi connectivity index (χ2v) is 3.90. The maximum atomic E-state index is 12.3. The van der Waals surface area contributed by atoms with Gasteiger partial charge in [-0.1, -0.05) is 0 Å². The van der Waals surface area contributed by atoms with Gasteiger partial charge < -0.3 is 5.73 Å². The second kappa shape index (κ2) is 3.72. The van der Waals surface area contributed by atoms with Crippen molar-refractivity contribution in [1.29, 1.82) is 0 Å². The van der Waals surface area contributed by atoms with Crippen LogP contribution in [-0.2, 0) is 13.6 Å². The van der Waals surface area contributed by atoms with Gasteiger partial charge in [-0.2, -0.15) is 23.4 Å². The van der Waals surface area contributed by atoms with E-state index >= 15 is 0 Å². The molecule has 0 spiro atoms. The van der Waals surface area contributed by atoms with E-state index in [1.165, 1.54) is 11.7 Å². The molecule has 0 unspecified atom stereocenters. The number of anilines is 1. The highest BCUT2D eigenvalue weighted by atomic mass is 19.4. The predicted octanol–water partition coefficient (Wildman–Crippen LogP) is 0.583. The van der Waals surface area contributed by atoms with Crippen LogP contribution in [0.3, 0.4) is 0 Å². The van der Waals surface area contributed by atoms with Gasteiger partial charge in [-0.25, -0.2) is 4.68 Å². The molecule has 0 atom stereocenters. The van der Waals surface area contributed by atoms with E-state index in [1.807, 2.05) is 0 Å². The van der Waals surface area contributed by atoms with Crippen LogP contribution in [0.2, 0.25) is 0 Å². The summed E-state index contributed by atoms with van der Waals surface area (Å²) in [6.07, 6.45) is -4.54. The first kappa shape index (κ1) is 12.4. The summed E-state index contributed by atoms with van der Waals surface area (Å²) in [5, 5.41) is 7.71. The van der Waals surface area contributed by atoms with Gasteiger partial charge in [-0.05, 0) is 6.92 Å². The van der Waals surface area contributed by atoms with Crippen molar-refractivity contribution in [3.05, 3.63) is 16.0 Å². The van der Waals surface area contributed by atoms with Crippen LogP contribution in [0, 0.1) is 6.92 Å². The maximum Gasteiger partial charge on any atom is 0.408 e. The molecule has 0 bridgehead atoms. The number of rotatable bonds is 1. The van der Waals surface area contributed by atoms with Crippen LogP contribution in [-0.4, -0.2) is 25.7 Å². The maximum absolute atomic E-state index is 12.3. The summed E-state index contributed by atoms with van der Waals surface area (Å²) >= 11 is 0. The smallest absolute Gasteiger partial charge is 0.382 e. The van der Waals surface area contributed by atoms with Crippen LogP contribution in [0.25, 0.3) is 10.9 Å². The average molecular weight is 261 g/mol. The Bertz CT molecular complexity index is 669. The number of nitrogens with two attached hydrogens (primary N) is 1. The first-order chi connectivity index (χ1) is 8.20. The Balaban J connectivity index is 2.77. The van der Waals surface area contributed by atoms with Crippen LogP contribution >= 0.6 is 0 Å². The highest BCUT2D eigenvalue weighted by Crippen LogP contribution is 2.21. The van der Waals surface area contributed by atoms with Crippen LogP contribution in [0.5, 0.6) is 0 Å². The lowest BCUT2D eigenvalue weighted by Crippen LogP contribution is -2.31. The van der Waals surface area contributed by atoms with Crippen molar-refractivity contribution in [2.24, 2.45) is 7.05 Å². The van der Waals surface area contributed by atoms with Crippen molar-refractivity contribution in [3.8, 4) is 0 Å². The summed E-state index contributed by atoms with van der Waals surface area (Å²) in [5.41, 5.74) is 5.18. The van der Waals surface area contributed by atoms with Crippen molar-refractivity contribution in [1.82, 2.24) is 19.6 Å². The van der Waals surface area contributed by atoms with E-state index in [0.717, 1.165) is 0 Å². The second-order valence-electron chi connectivity index (χ2n) is 3.90. The third-order valence-electron chi connectivity index (χ3n) is 2.47. The summed E-state index contributed by atoms with van der Waals surface area (Å²) in [6.45, 7) is 0.129. The largest absolute Gasteiger partial charge is 0.408 e. The van der Waals surface area contributed by atoms with Crippen molar-refractivity contribution >= 4 is 16.7 Å². The molecule has 2 N–H and O–H groups in total. The Labute approximate surface area is 98.8 Å². The molecule has 0 saturated carbocycles. The molecule has 0 aliphatic rings. The minimum absolute atomic E-state index is 0.0178. The van der Waals surface area contributed by atoms with E-state index in [9.17, 15) is 18.0 Å². The first-order valence-corrected chi connectivity index (χ1v) is 4.97. The lowest BCUT2D eigenvalue weighted by Gasteiger charge is -2.09. The molecule has 0 saturated heterocycles. The Morgan fingerprint density at radius 3 is 2.50 bits per heavy atom. The Morgan fingerprint density at radius 2 is 1.94 bits per heavy atom. The molecule has 0 radical (unpaired) electrons. The quantitative estimate of drug-likeness (QED) is 0.814. The van der Waals surface area contributed by atoms with Gasteiger partial charge in [0, 0.05) is 7.05 Å². The zero-order valence-electron chi connectivity index (χ0n) is 9.62. The molecule has 2 aromatic rings. The average Bonchev–Trinajstić information content (AvgIpc) is 2.48. The molecule has 0 aromatic carbocycles. The number of fused-ring (bicyclic) bond motifs is 1. The van der Waals surface area contributed by atoms with E-state index in [0.29, 0.717) is 15.8 Å². The Morgan fingerprint density at radius 1 is 1.33 bits per heavy atom. The predicted molar refractivity (Wildman–Crippen MR) is 58.0 cm³/mol. The lowest BCUT2D eigenvalue weighted by atomic mass is 10.2. The molecule has 2 rings (SSSR count). The molecular weight excluding hydrogens is 251 g/mol.